The molecule has 24 heteroatoms. The molecule has 1 heterocycles. The number of allylic oxidation sites excluding steroid dienone is 5. The van der Waals surface area contributed by atoms with Crippen LogP contribution >= 0.6 is 23.5 Å². The molecule has 1 aliphatic heterocycles. The van der Waals surface area contributed by atoms with E-state index < -0.39 is 46.6 Å². The molecule has 0 saturated carbocycles. The molecule has 390 valence electrons. The molecule has 1 aliphatic rings. The number of amides is 1. The molecule has 4 N–H and O–H groups in total. The van der Waals surface area contributed by atoms with Crippen LogP contribution < -0.4 is 23.8 Å². The van der Waals surface area contributed by atoms with E-state index >= 15 is 0 Å². The van der Waals surface area contributed by atoms with Crippen LogP contribution in [0.5, 0.6) is 17.2 Å². The summed E-state index contributed by atoms with van der Waals surface area (Å²) in [7, 11) is -15.9. The van der Waals surface area contributed by atoms with Crippen LogP contribution in [0.3, 0.4) is 0 Å². The van der Waals surface area contributed by atoms with Gasteiger partial charge in [-0.3, -0.25) is 19.5 Å². The highest BCUT2D eigenvalue weighted by Crippen LogP contribution is 2.56. The van der Waals surface area contributed by atoms with Crippen molar-refractivity contribution in [1.82, 2.24) is 0 Å². The van der Waals surface area contributed by atoms with Crippen LogP contribution in [0.1, 0.15) is 80.4 Å². The van der Waals surface area contributed by atoms with Gasteiger partial charge in [-0.25, -0.2) is 28.4 Å². The number of hydrogen-bond donors (Lipinski definition) is 4. The third-order valence-corrected chi connectivity index (χ3v) is 12.3. The number of carbonyl (C=O) groups is 1. The monoisotopic (exact) mass is 1070 g/mol. The minimum absolute atomic E-state index is 0.171. The largest absolute Gasteiger partial charge is 0.557 e. The van der Waals surface area contributed by atoms with E-state index in [1.807, 2.05) is 20.8 Å². The van der Waals surface area contributed by atoms with Gasteiger partial charge >= 0.3 is 23.5 Å². The van der Waals surface area contributed by atoms with Crippen molar-refractivity contribution in [3.05, 3.63) is 179 Å². The Bertz CT molecular complexity index is 2850. The first-order valence-corrected chi connectivity index (χ1v) is 26.9. The maximum Gasteiger partial charge on any atom is 0.557 e. The van der Waals surface area contributed by atoms with Crippen molar-refractivity contribution < 1.29 is 90.5 Å². The van der Waals surface area contributed by atoms with Gasteiger partial charge in [0.2, 0.25) is 0 Å². The van der Waals surface area contributed by atoms with Gasteiger partial charge in [0.1, 0.15) is 31.3 Å². The standard InChI is InChI=1S/C49H55N2O19P3/c1-36(2)17-14-18-37(3)19-15-20-38(4)29-30-51-44-31-42(62-71(53,54)68-65-59-33-39-21-8-5-9-22-39)32-46(64-73(57,58)70-67-61-35-41-25-12-7-13-26-41)48(44)50-47-43(49(51)52)27-16-28-45(47)63-72(55,56)69-66-60-34-40-23-10-6-11-24-40/h5-13,16-17,19,21-29,31-32,50H,14-15,18,20,30,33-35H2,1-4H3,(H,53,54)(H,55,56)(H,57,58). The predicted octanol–water partition coefficient (Wildman–Crippen LogP) is 12.5. The number of phosphoric acid groups is 3. The number of fused-ring (bicyclic) bond motifs is 2. The van der Waals surface area contributed by atoms with Crippen molar-refractivity contribution >= 4 is 46.4 Å². The highest BCUT2D eigenvalue weighted by molar-refractivity contribution is 7.48. The fraction of sp³-hybridized carbons (Fsp3) is 0.245. The fourth-order valence-corrected chi connectivity index (χ4v) is 8.32. The molecule has 1 amide bonds. The zero-order chi connectivity index (χ0) is 52.3. The van der Waals surface area contributed by atoms with E-state index in [4.69, 9.17) is 28.2 Å². The van der Waals surface area contributed by atoms with Crippen LogP contribution in [0.4, 0.5) is 17.1 Å². The molecular weight excluding hydrogens is 1010 g/mol. The Balaban J connectivity index is 1.34. The Morgan fingerprint density at radius 2 is 1.01 bits per heavy atom. The number of phosphoric ester groups is 3. The number of benzene rings is 5. The molecule has 3 unspecified atom stereocenters. The summed E-state index contributed by atoms with van der Waals surface area (Å²) in [4.78, 5) is 63.4. The number of nitrogens with one attached hydrogen (secondary N) is 1. The second kappa shape index (κ2) is 27.5. The molecule has 0 saturated heterocycles. The Morgan fingerprint density at radius 3 is 1.52 bits per heavy atom. The summed E-state index contributed by atoms with van der Waals surface area (Å²) < 4.78 is 70.3. The highest BCUT2D eigenvalue weighted by atomic mass is 31.2. The van der Waals surface area contributed by atoms with Gasteiger partial charge in [0.05, 0.1) is 16.9 Å². The van der Waals surface area contributed by atoms with Gasteiger partial charge in [-0.05, 0) is 82.2 Å². The van der Waals surface area contributed by atoms with Gasteiger partial charge in [0, 0.05) is 18.7 Å². The van der Waals surface area contributed by atoms with E-state index in [2.05, 4.69) is 53.5 Å². The lowest BCUT2D eigenvalue weighted by atomic mass is 10.1. The summed E-state index contributed by atoms with van der Waals surface area (Å²) >= 11 is 0. The zero-order valence-corrected chi connectivity index (χ0v) is 42.8. The van der Waals surface area contributed by atoms with Crippen LogP contribution in [0.2, 0.25) is 0 Å². The maximum absolute atomic E-state index is 14.9. The molecule has 6 rings (SSSR count). The maximum atomic E-state index is 14.9. The van der Waals surface area contributed by atoms with Crippen molar-refractivity contribution in [2.75, 3.05) is 16.8 Å². The third-order valence-electron chi connectivity index (χ3n) is 10.2. The van der Waals surface area contributed by atoms with Gasteiger partial charge in [0.15, 0.2) is 11.5 Å². The quantitative estimate of drug-likeness (QED) is 0.0114. The van der Waals surface area contributed by atoms with Gasteiger partial charge in [0.25, 0.3) is 5.91 Å². The van der Waals surface area contributed by atoms with Crippen molar-refractivity contribution in [2.45, 2.75) is 73.2 Å². The van der Waals surface area contributed by atoms with E-state index in [0.29, 0.717) is 29.5 Å². The van der Waals surface area contributed by atoms with Crippen LogP contribution in [-0.4, -0.2) is 27.1 Å². The van der Waals surface area contributed by atoms with E-state index in [9.17, 15) is 33.2 Å². The van der Waals surface area contributed by atoms with Crippen LogP contribution in [0.25, 0.3) is 0 Å². The van der Waals surface area contributed by atoms with E-state index in [1.165, 1.54) is 34.2 Å². The lowest BCUT2D eigenvalue weighted by Gasteiger charge is -2.24. The average molecular weight is 1070 g/mol. The summed E-state index contributed by atoms with van der Waals surface area (Å²) in [6.07, 6.45) is 9.15. The van der Waals surface area contributed by atoms with Gasteiger partial charge in [-0.1, -0.05) is 161 Å². The van der Waals surface area contributed by atoms with E-state index in [0.717, 1.165) is 30.5 Å². The van der Waals surface area contributed by atoms with E-state index in [-0.39, 0.29) is 49.0 Å². The molecule has 0 bridgehead atoms. The third kappa shape index (κ3) is 18.9. The van der Waals surface area contributed by atoms with Crippen LogP contribution in [0, 0.1) is 0 Å². The van der Waals surface area contributed by atoms with Crippen molar-refractivity contribution in [1.29, 1.82) is 0 Å². The predicted molar refractivity (Wildman–Crippen MR) is 265 cm³/mol. The Morgan fingerprint density at radius 1 is 0.548 bits per heavy atom. The zero-order valence-electron chi connectivity index (χ0n) is 40.1. The molecule has 0 aliphatic carbocycles. The molecule has 73 heavy (non-hydrogen) atoms. The molecule has 21 nitrogen and oxygen atoms in total. The molecule has 0 spiro atoms. The number of hydrogen-bond acceptors (Lipinski definition) is 17. The molecule has 3 atom stereocenters. The SMILES string of the molecule is CC(C)=CCCC(C)=CCCC(C)=CCN1C(=O)c2cccc(OP(=O)(O)OOOCc3ccccc3)c2Nc2c(OP(=O)(O)OOOCc3ccccc3)cc(OP(=O)(O)OOOCc3ccccc3)cc21. The van der Waals surface area contributed by atoms with Crippen molar-refractivity contribution in [3.8, 4) is 17.2 Å². The first kappa shape index (κ1) is 56.5. The molecular formula is C49H55N2O19P3. The number of carbonyl (C=O) groups excluding carboxylic acids is 1. The molecule has 5 aromatic rings. The number of para-hydroxylation sites is 1. The van der Waals surface area contributed by atoms with Crippen LogP contribution in [0.15, 0.2) is 156 Å². The van der Waals surface area contributed by atoms with Gasteiger partial charge in [-0.2, -0.15) is 0 Å². The number of nitrogens with zero attached hydrogens (tertiary/aromatic N) is 1. The Kier molecular flexibility index (Phi) is 21.3. The lowest BCUT2D eigenvalue weighted by Crippen LogP contribution is -2.30. The van der Waals surface area contributed by atoms with Crippen molar-refractivity contribution in [2.24, 2.45) is 0 Å². The smallest absolute Gasteiger partial charge is 0.402 e. The van der Waals surface area contributed by atoms with Crippen molar-refractivity contribution in [3.63, 3.8) is 0 Å². The first-order valence-electron chi connectivity index (χ1n) is 22.4. The lowest BCUT2D eigenvalue weighted by molar-refractivity contribution is -0.478. The fourth-order valence-electron chi connectivity index (χ4n) is 6.71. The second-order valence-electron chi connectivity index (χ2n) is 16.3. The topological polar surface area (TPSA) is 255 Å². The molecule has 0 fully saturated rings. The first-order chi connectivity index (χ1) is 35.0. The minimum Gasteiger partial charge on any atom is -0.402 e. The normalized spacial score (nSPS) is 15.1. The molecule has 5 aromatic carbocycles. The van der Waals surface area contributed by atoms with Crippen LogP contribution in [-0.2, 0) is 77.3 Å². The summed E-state index contributed by atoms with van der Waals surface area (Å²) in [5.74, 6) is -2.54. The van der Waals surface area contributed by atoms with Gasteiger partial charge < -0.3 is 23.8 Å². The molecule has 0 aromatic heterocycles. The summed E-state index contributed by atoms with van der Waals surface area (Å²) in [6, 6.07) is 31.8. The second-order valence-corrected chi connectivity index (χ2v) is 20.2. The van der Waals surface area contributed by atoms with Gasteiger partial charge in [-0.15, -0.1) is 0 Å². The summed E-state index contributed by atoms with van der Waals surface area (Å²) in [5.41, 5.74) is 4.21. The molecule has 0 radical (unpaired) electrons. The number of rotatable bonds is 29. The van der Waals surface area contributed by atoms with E-state index in [1.54, 1.807) is 97.1 Å². The number of anilines is 3. The minimum atomic E-state index is -5.43. The Hall–Kier alpha value is -5.80. The average Bonchev–Trinajstić information content (AvgIpc) is 3.47. The summed E-state index contributed by atoms with van der Waals surface area (Å²) in [6.45, 7) is 7.24. The summed E-state index contributed by atoms with van der Waals surface area (Å²) in [5, 5.41) is 16.6. The highest BCUT2D eigenvalue weighted by Gasteiger charge is 2.37. The Labute approximate surface area is 421 Å².